The van der Waals surface area contributed by atoms with Gasteiger partial charge in [-0.2, -0.15) is 13.2 Å². The van der Waals surface area contributed by atoms with Gasteiger partial charge in [0.1, 0.15) is 0 Å². The van der Waals surface area contributed by atoms with E-state index in [0.29, 0.717) is 26.2 Å². The largest absolute Gasteiger partial charge is 0.481 e. The lowest BCUT2D eigenvalue weighted by Crippen LogP contribution is -2.50. The van der Waals surface area contributed by atoms with Gasteiger partial charge in [0.2, 0.25) is 11.8 Å². The summed E-state index contributed by atoms with van der Waals surface area (Å²) in [5, 5.41) is 11.7. The molecule has 0 saturated carbocycles. The summed E-state index contributed by atoms with van der Waals surface area (Å²) in [6.07, 6.45) is -4.90. The van der Waals surface area contributed by atoms with Crippen LogP contribution in [-0.4, -0.2) is 65.4 Å². The molecule has 0 radical (unpaired) electrons. The van der Waals surface area contributed by atoms with Gasteiger partial charge in [-0.25, -0.2) is 0 Å². The molecule has 1 aliphatic heterocycles. The number of carbonyl (C=O) groups excluding carboxylic acids is 2. The Balaban J connectivity index is 1.93. The van der Waals surface area contributed by atoms with Crippen molar-refractivity contribution >= 4 is 23.5 Å². The molecule has 1 atom stereocenters. The van der Waals surface area contributed by atoms with Crippen molar-refractivity contribution in [1.29, 1.82) is 0 Å². The van der Waals surface area contributed by atoms with E-state index in [1.54, 1.807) is 4.90 Å². The number of aliphatic carboxylic acids is 1. The van der Waals surface area contributed by atoms with Crippen LogP contribution >= 0.6 is 0 Å². The number of carbonyl (C=O) groups is 3. The number of piperazine rings is 1. The maximum Gasteiger partial charge on any atom is 0.416 e. The highest BCUT2D eigenvalue weighted by Crippen LogP contribution is 2.30. The molecule has 2 N–H and O–H groups in total. The van der Waals surface area contributed by atoms with Gasteiger partial charge in [0.15, 0.2) is 0 Å². The fourth-order valence-electron chi connectivity index (χ4n) is 3.00. The molecule has 1 fully saturated rings. The van der Waals surface area contributed by atoms with Gasteiger partial charge >= 0.3 is 12.1 Å². The molecule has 2 amide bonds. The van der Waals surface area contributed by atoms with Crippen LogP contribution in [0.1, 0.15) is 18.9 Å². The van der Waals surface area contributed by atoms with Crippen LogP contribution in [-0.2, 0) is 20.6 Å². The summed E-state index contributed by atoms with van der Waals surface area (Å²) in [7, 11) is 0. The molecule has 154 valence electrons. The van der Waals surface area contributed by atoms with E-state index in [9.17, 15) is 32.7 Å². The number of nitrogens with zero attached hydrogens (tertiary/aromatic N) is 2. The molecule has 1 aromatic rings. The standard InChI is InChI=1S/C18H22F3N3O4/c1-12(25)24-7-5-23(6-8-24)11-13(17(27)28)9-16(26)22-15-4-2-3-14(10-15)18(19,20)21/h2-4,10,13H,5-9,11H2,1H3,(H,22,26)(H,27,28)/t13-/m1/s1. The number of rotatable bonds is 6. The maximum absolute atomic E-state index is 12.7. The van der Waals surface area contributed by atoms with Gasteiger partial charge in [-0.1, -0.05) is 6.07 Å². The van der Waals surface area contributed by atoms with E-state index in [2.05, 4.69) is 5.32 Å². The van der Waals surface area contributed by atoms with Gasteiger partial charge in [0.25, 0.3) is 0 Å². The molecular formula is C18H22F3N3O4. The van der Waals surface area contributed by atoms with Crippen LogP contribution in [0.5, 0.6) is 0 Å². The fraction of sp³-hybridized carbons (Fsp3) is 0.500. The number of halogens is 3. The number of amides is 2. The van der Waals surface area contributed by atoms with Gasteiger partial charge < -0.3 is 15.3 Å². The third-order valence-corrected chi connectivity index (χ3v) is 4.55. The highest BCUT2D eigenvalue weighted by atomic mass is 19.4. The third kappa shape index (κ3) is 6.22. The molecular weight excluding hydrogens is 379 g/mol. The minimum absolute atomic E-state index is 0.0426. The lowest BCUT2D eigenvalue weighted by atomic mass is 10.0. The number of nitrogens with one attached hydrogen (secondary N) is 1. The van der Waals surface area contributed by atoms with E-state index in [1.807, 2.05) is 4.90 Å². The molecule has 1 heterocycles. The molecule has 10 heteroatoms. The van der Waals surface area contributed by atoms with E-state index in [4.69, 9.17) is 0 Å². The first-order valence-electron chi connectivity index (χ1n) is 8.74. The molecule has 0 spiro atoms. The second kappa shape index (κ2) is 9.05. The zero-order valence-electron chi connectivity index (χ0n) is 15.3. The van der Waals surface area contributed by atoms with Crippen molar-refractivity contribution in [3.05, 3.63) is 29.8 Å². The van der Waals surface area contributed by atoms with Crippen LogP contribution in [0, 0.1) is 5.92 Å². The Morgan fingerprint density at radius 1 is 1.18 bits per heavy atom. The average molecular weight is 401 g/mol. The lowest BCUT2D eigenvalue weighted by Gasteiger charge is -2.35. The Hall–Kier alpha value is -2.62. The summed E-state index contributed by atoms with van der Waals surface area (Å²) in [6, 6.07) is 4.16. The summed E-state index contributed by atoms with van der Waals surface area (Å²) in [6.45, 7) is 3.55. The Labute approximate surface area is 160 Å². The molecule has 1 aromatic carbocycles. The predicted molar refractivity (Wildman–Crippen MR) is 94.5 cm³/mol. The zero-order chi connectivity index (χ0) is 20.9. The van der Waals surface area contributed by atoms with Crippen LogP contribution in [0.25, 0.3) is 0 Å². The second-order valence-electron chi connectivity index (χ2n) is 6.67. The summed E-state index contributed by atoms with van der Waals surface area (Å²) in [4.78, 5) is 38.5. The summed E-state index contributed by atoms with van der Waals surface area (Å²) < 4.78 is 38.2. The first-order valence-corrected chi connectivity index (χ1v) is 8.74. The van der Waals surface area contributed by atoms with Crippen molar-refractivity contribution in [2.24, 2.45) is 5.92 Å². The quantitative estimate of drug-likeness (QED) is 0.760. The molecule has 0 aliphatic carbocycles. The van der Waals surface area contributed by atoms with Crippen LogP contribution in [0.4, 0.5) is 18.9 Å². The number of carboxylic acid groups (broad SMARTS) is 1. The predicted octanol–water partition coefficient (Wildman–Crippen LogP) is 1.90. The van der Waals surface area contributed by atoms with Crippen LogP contribution in [0.2, 0.25) is 0 Å². The normalized spacial score (nSPS) is 16.5. The van der Waals surface area contributed by atoms with Crippen LogP contribution in [0.15, 0.2) is 24.3 Å². The molecule has 0 aromatic heterocycles. The van der Waals surface area contributed by atoms with Crippen molar-refractivity contribution in [3.63, 3.8) is 0 Å². The SMILES string of the molecule is CC(=O)N1CCN(C[C@@H](CC(=O)Nc2cccc(C(F)(F)F)c2)C(=O)O)CC1. The Bertz CT molecular complexity index is 731. The van der Waals surface area contributed by atoms with Crippen LogP contribution < -0.4 is 5.32 Å². The first kappa shape index (κ1) is 21.7. The maximum atomic E-state index is 12.7. The van der Waals surface area contributed by atoms with Crippen molar-refractivity contribution in [2.45, 2.75) is 19.5 Å². The van der Waals surface area contributed by atoms with Gasteiger partial charge in [0, 0.05) is 51.8 Å². The smallest absolute Gasteiger partial charge is 0.416 e. The third-order valence-electron chi connectivity index (χ3n) is 4.55. The minimum Gasteiger partial charge on any atom is -0.481 e. The Kier molecular flexibility index (Phi) is 7.00. The van der Waals surface area contributed by atoms with Gasteiger partial charge in [-0.15, -0.1) is 0 Å². The molecule has 2 rings (SSSR count). The fourth-order valence-corrected chi connectivity index (χ4v) is 3.00. The van der Waals surface area contributed by atoms with E-state index in [0.717, 1.165) is 12.1 Å². The van der Waals surface area contributed by atoms with Gasteiger partial charge in [0.05, 0.1) is 11.5 Å². The van der Waals surface area contributed by atoms with E-state index in [1.165, 1.54) is 19.1 Å². The summed E-state index contributed by atoms with van der Waals surface area (Å²) in [5.74, 6) is -2.88. The molecule has 1 aliphatic rings. The number of carboxylic acids is 1. The lowest BCUT2D eigenvalue weighted by molar-refractivity contribution is -0.144. The van der Waals surface area contributed by atoms with Crippen molar-refractivity contribution < 1.29 is 32.7 Å². The summed E-state index contributed by atoms with van der Waals surface area (Å²) in [5.41, 5.74) is -0.942. The van der Waals surface area contributed by atoms with Crippen molar-refractivity contribution in [2.75, 3.05) is 38.0 Å². The monoisotopic (exact) mass is 401 g/mol. The molecule has 1 saturated heterocycles. The second-order valence-corrected chi connectivity index (χ2v) is 6.67. The highest BCUT2D eigenvalue weighted by Gasteiger charge is 2.31. The Morgan fingerprint density at radius 3 is 2.36 bits per heavy atom. The van der Waals surface area contributed by atoms with E-state index < -0.39 is 29.5 Å². The molecule has 0 bridgehead atoms. The van der Waals surface area contributed by atoms with E-state index in [-0.39, 0.29) is 24.6 Å². The van der Waals surface area contributed by atoms with E-state index >= 15 is 0 Å². The summed E-state index contributed by atoms with van der Waals surface area (Å²) >= 11 is 0. The molecule has 0 unspecified atom stereocenters. The number of benzene rings is 1. The number of anilines is 1. The minimum atomic E-state index is -4.54. The van der Waals surface area contributed by atoms with Crippen LogP contribution in [0.3, 0.4) is 0 Å². The van der Waals surface area contributed by atoms with Gasteiger partial charge in [-0.3, -0.25) is 19.3 Å². The highest BCUT2D eigenvalue weighted by molar-refractivity contribution is 5.93. The number of hydrogen-bond donors (Lipinski definition) is 2. The van der Waals surface area contributed by atoms with Gasteiger partial charge in [-0.05, 0) is 18.2 Å². The number of hydrogen-bond acceptors (Lipinski definition) is 4. The molecule has 7 nitrogen and oxygen atoms in total. The zero-order valence-corrected chi connectivity index (χ0v) is 15.3. The number of alkyl halides is 3. The topological polar surface area (TPSA) is 90.0 Å². The van der Waals surface area contributed by atoms with Crippen molar-refractivity contribution in [1.82, 2.24) is 9.80 Å². The Morgan fingerprint density at radius 2 is 1.82 bits per heavy atom. The van der Waals surface area contributed by atoms with Crippen molar-refractivity contribution in [3.8, 4) is 0 Å². The first-order chi connectivity index (χ1) is 13.1. The average Bonchev–Trinajstić information content (AvgIpc) is 2.61. The molecule has 28 heavy (non-hydrogen) atoms.